The fourth-order valence-corrected chi connectivity index (χ4v) is 3.84. The van der Waals surface area contributed by atoms with Gasteiger partial charge in [-0.1, -0.05) is 50.6 Å². The summed E-state index contributed by atoms with van der Waals surface area (Å²) in [7, 11) is 0. The number of aliphatic hydroxyl groups is 1. The highest BCUT2D eigenvalue weighted by molar-refractivity contribution is 5.26. The van der Waals surface area contributed by atoms with E-state index in [1.807, 2.05) is 12.1 Å². The summed E-state index contributed by atoms with van der Waals surface area (Å²) in [5.74, 6) is 0.738. The molecule has 1 fully saturated rings. The normalized spacial score (nSPS) is 28.4. The minimum absolute atomic E-state index is 0.143. The lowest BCUT2D eigenvalue weighted by Gasteiger charge is -2.46. The van der Waals surface area contributed by atoms with Crippen LogP contribution >= 0.6 is 0 Å². The van der Waals surface area contributed by atoms with E-state index < -0.39 is 6.10 Å². The summed E-state index contributed by atoms with van der Waals surface area (Å²) in [4.78, 5) is 0. The van der Waals surface area contributed by atoms with Crippen molar-refractivity contribution in [3.8, 4) is 0 Å². The Labute approximate surface area is 129 Å². The van der Waals surface area contributed by atoms with Crippen LogP contribution in [0, 0.1) is 23.7 Å². The molecular weight excluding hydrogens is 258 g/mol. The summed E-state index contributed by atoms with van der Waals surface area (Å²) in [5.41, 5.74) is 8.54. The van der Waals surface area contributed by atoms with Gasteiger partial charge in [0.2, 0.25) is 0 Å². The molecule has 1 saturated carbocycles. The maximum absolute atomic E-state index is 10.9. The van der Waals surface area contributed by atoms with Gasteiger partial charge < -0.3 is 10.8 Å². The van der Waals surface area contributed by atoms with Gasteiger partial charge in [0.25, 0.3) is 0 Å². The van der Waals surface area contributed by atoms with Crippen molar-refractivity contribution in [2.75, 3.05) is 6.54 Å². The van der Waals surface area contributed by atoms with Crippen LogP contribution in [-0.4, -0.2) is 11.7 Å². The molecule has 0 radical (unpaired) electrons. The average molecular weight is 289 g/mol. The minimum Gasteiger partial charge on any atom is -0.388 e. The molecule has 0 heterocycles. The average Bonchev–Trinajstić information content (AvgIpc) is 2.45. The molecule has 0 bridgehead atoms. The first-order chi connectivity index (χ1) is 9.78. The second kappa shape index (κ2) is 6.10. The van der Waals surface area contributed by atoms with E-state index in [-0.39, 0.29) is 5.41 Å². The molecule has 1 aromatic carbocycles. The first-order valence-electron chi connectivity index (χ1n) is 8.23. The molecule has 2 heteroatoms. The van der Waals surface area contributed by atoms with E-state index in [1.165, 1.54) is 18.4 Å². The zero-order valence-corrected chi connectivity index (χ0v) is 14.0. The fraction of sp³-hybridized carbons (Fsp3) is 0.684. The van der Waals surface area contributed by atoms with Crippen molar-refractivity contribution in [1.82, 2.24) is 0 Å². The van der Waals surface area contributed by atoms with Gasteiger partial charge in [0.15, 0.2) is 0 Å². The van der Waals surface area contributed by atoms with Crippen LogP contribution in [0.1, 0.15) is 63.7 Å². The van der Waals surface area contributed by atoms with Gasteiger partial charge in [-0.25, -0.2) is 0 Å². The monoisotopic (exact) mass is 289 g/mol. The summed E-state index contributed by atoms with van der Waals surface area (Å²) < 4.78 is 0. The fourth-order valence-electron chi connectivity index (χ4n) is 3.84. The van der Waals surface area contributed by atoms with Crippen LogP contribution in [0.2, 0.25) is 0 Å². The Kier molecular flexibility index (Phi) is 4.79. The maximum Gasteiger partial charge on any atom is 0.0858 e. The van der Waals surface area contributed by atoms with Crippen molar-refractivity contribution in [3.63, 3.8) is 0 Å². The summed E-state index contributed by atoms with van der Waals surface area (Å²) in [6.45, 7) is 9.61. The van der Waals surface area contributed by atoms with Crippen LogP contribution in [0.25, 0.3) is 0 Å². The third kappa shape index (κ3) is 3.49. The molecule has 0 aliphatic heterocycles. The van der Waals surface area contributed by atoms with E-state index in [9.17, 15) is 5.11 Å². The zero-order valence-electron chi connectivity index (χ0n) is 14.0. The van der Waals surface area contributed by atoms with Gasteiger partial charge >= 0.3 is 0 Å². The van der Waals surface area contributed by atoms with E-state index >= 15 is 0 Å². The number of hydrogen-bond donors (Lipinski definition) is 2. The summed E-state index contributed by atoms with van der Waals surface area (Å²) in [6.07, 6.45) is 3.96. The van der Waals surface area contributed by atoms with Gasteiger partial charge in [0.1, 0.15) is 0 Å². The molecule has 1 aliphatic carbocycles. The molecule has 2 rings (SSSR count). The Morgan fingerprint density at radius 2 is 1.90 bits per heavy atom. The molecule has 1 atom stereocenters. The van der Waals surface area contributed by atoms with E-state index in [1.54, 1.807) is 0 Å². The van der Waals surface area contributed by atoms with Crippen molar-refractivity contribution >= 4 is 0 Å². The van der Waals surface area contributed by atoms with Crippen LogP contribution in [0.15, 0.2) is 24.3 Å². The standard InChI is InChI=1S/C19H31NO/c1-14-6-5-7-15(12-14)17(21)19(13-20)10-8-16(9-11-19)18(2,3)4/h5-7,12,16-17,21H,8-11,13,20H2,1-4H3. The Bertz CT molecular complexity index is 467. The van der Waals surface area contributed by atoms with Crippen LogP contribution in [0.4, 0.5) is 0 Å². The van der Waals surface area contributed by atoms with Gasteiger partial charge in [0.05, 0.1) is 6.10 Å². The molecule has 0 amide bonds. The molecule has 1 aliphatic rings. The van der Waals surface area contributed by atoms with Crippen molar-refractivity contribution in [2.24, 2.45) is 22.5 Å². The van der Waals surface area contributed by atoms with E-state index in [4.69, 9.17) is 5.73 Å². The first-order valence-corrected chi connectivity index (χ1v) is 8.23. The Hall–Kier alpha value is -0.860. The van der Waals surface area contributed by atoms with Gasteiger partial charge in [0, 0.05) is 12.0 Å². The van der Waals surface area contributed by atoms with Crippen LogP contribution in [0.5, 0.6) is 0 Å². The Morgan fingerprint density at radius 3 is 2.38 bits per heavy atom. The SMILES string of the molecule is Cc1cccc(C(O)C2(CN)CCC(C(C)(C)C)CC2)c1. The molecule has 0 aromatic heterocycles. The maximum atomic E-state index is 10.9. The van der Waals surface area contributed by atoms with Gasteiger partial charge in [-0.05, 0) is 49.5 Å². The van der Waals surface area contributed by atoms with E-state index in [0.29, 0.717) is 12.0 Å². The Morgan fingerprint density at radius 1 is 1.29 bits per heavy atom. The lowest BCUT2D eigenvalue weighted by Crippen LogP contribution is -2.42. The summed E-state index contributed by atoms with van der Waals surface area (Å²) >= 11 is 0. The van der Waals surface area contributed by atoms with Crippen LogP contribution < -0.4 is 5.73 Å². The van der Waals surface area contributed by atoms with Crippen molar-refractivity contribution in [1.29, 1.82) is 0 Å². The molecule has 1 unspecified atom stereocenters. The predicted octanol–water partition coefficient (Wildman–Crippen LogP) is 4.21. The van der Waals surface area contributed by atoms with Crippen LogP contribution in [0.3, 0.4) is 0 Å². The van der Waals surface area contributed by atoms with Crippen molar-refractivity contribution in [2.45, 2.75) is 59.5 Å². The highest BCUT2D eigenvalue weighted by Gasteiger charge is 2.43. The quantitative estimate of drug-likeness (QED) is 0.875. The second-order valence-corrected chi connectivity index (χ2v) is 8.02. The number of benzene rings is 1. The molecule has 2 nitrogen and oxygen atoms in total. The van der Waals surface area contributed by atoms with E-state index in [0.717, 1.165) is 24.3 Å². The molecular formula is C19H31NO. The molecule has 0 saturated heterocycles. The molecule has 1 aromatic rings. The highest BCUT2D eigenvalue weighted by atomic mass is 16.3. The largest absolute Gasteiger partial charge is 0.388 e. The number of nitrogens with two attached hydrogens (primary N) is 1. The summed E-state index contributed by atoms with van der Waals surface area (Å²) in [6, 6.07) is 8.23. The highest BCUT2D eigenvalue weighted by Crippen LogP contribution is 2.50. The third-order valence-electron chi connectivity index (χ3n) is 5.55. The first kappa shape index (κ1) is 16.5. The van der Waals surface area contributed by atoms with Gasteiger partial charge in [-0.2, -0.15) is 0 Å². The third-order valence-corrected chi connectivity index (χ3v) is 5.55. The van der Waals surface area contributed by atoms with Crippen molar-refractivity contribution in [3.05, 3.63) is 35.4 Å². The topological polar surface area (TPSA) is 46.2 Å². The lowest BCUT2D eigenvalue weighted by molar-refractivity contribution is -0.0234. The number of aliphatic hydroxyl groups excluding tert-OH is 1. The van der Waals surface area contributed by atoms with Crippen LogP contribution in [-0.2, 0) is 0 Å². The number of aryl methyl sites for hydroxylation is 1. The summed E-state index contributed by atoms with van der Waals surface area (Å²) in [5, 5.41) is 10.9. The predicted molar refractivity (Wildman–Crippen MR) is 89.0 cm³/mol. The molecule has 118 valence electrons. The Balaban J connectivity index is 2.16. The number of hydrogen-bond acceptors (Lipinski definition) is 2. The zero-order chi connectivity index (χ0) is 15.7. The van der Waals surface area contributed by atoms with Gasteiger partial charge in [-0.15, -0.1) is 0 Å². The second-order valence-electron chi connectivity index (χ2n) is 8.02. The number of rotatable bonds is 3. The molecule has 3 N–H and O–H groups in total. The molecule has 21 heavy (non-hydrogen) atoms. The lowest BCUT2D eigenvalue weighted by atomic mass is 9.61. The van der Waals surface area contributed by atoms with E-state index in [2.05, 4.69) is 39.8 Å². The smallest absolute Gasteiger partial charge is 0.0858 e. The molecule has 0 spiro atoms. The minimum atomic E-state index is -0.441. The van der Waals surface area contributed by atoms with Gasteiger partial charge in [-0.3, -0.25) is 0 Å². The van der Waals surface area contributed by atoms with Crippen molar-refractivity contribution < 1.29 is 5.11 Å².